The summed E-state index contributed by atoms with van der Waals surface area (Å²) in [5.74, 6) is 0.845. The van der Waals surface area contributed by atoms with E-state index in [-0.39, 0.29) is 17.6 Å². The van der Waals surface area contributed by atoms with Gasteiger partial charge in [-0.3, -0.25) is 0 Å². The van der Waals surface area contributed by atoms with Gasteiger partial charge in [-0.25, -0.2) is 4.39 Å². The van der Waals surface area contributed by atoms with E-state index >= 15 is 0 Å². The van der Waals surface area contributed by atoms with Gasteiger partial charge in [-0.2, -0.15) is 13.2 Å². The minimum absolute atomic E-state index is 0.0170. The molecule has 6 rings (SSSR count). The molecule has 3 unspecified atom stereocenters. The first-order valence-electron chi connectivity index (χ1n) is 12.6. The van der Waals surface area contributed by atoms with Gasteiger partial charge < -0.3 is 15.0 Å². The van der Waals surface area contributed by atoms with Gasteiger partial charge in [0.25, 0.3) is 0 Å². The summed E-state index contributed by atoms with van der Waals surface area (Å²) in [5.41, 5.74) is 0.107. The number of likely N-dealkylation sites (tertiary alicyclic amines) is 1. The standard InChI is InChI=1S/C26H30F4N4O/c1-14-2-3-18(27)9-21(14)23-10-22(26(28,29)30)25(33-32-23)31-19-6-15-11-34(12-16(15)7-19)13-17-8-20-4-5-24(17)35-20/h2-3,9-10,15-17,19-20,24H,4-8,11-13H2,1H3,(H,31,33)/t15-,16+,17-,19?,20?,24?/m1/s1. The average Bonchev–Trinajstić information content (AvgIpc) is 3.57. The Kier molecular flexibility index (Phi) is 5.75. The molecule has 2 bridgehead atoms. The smallest absolute Gasteiger partial charge is 0.375 e. The quantitative estimate of drug-likeness (QED) is 0.577. The Labute approximate surface area is 202 Å². The number of aryl methyl sites for hydroxylation is 1. The molecule has 4 heterocycles. The molecule has 1 aliphatic carbocycles. The predicted molar refractivity (Wildman–Crippen MR) is 123 cm³/mol. The van der Waals surface area contributed by atoms with Gasteiger partial charge in [0.1, 0.15) is 11.4 Å². The first kappa shape index (κ1) is 23.2. The summed E-state index contributed by atoms with van der Waals surface area (Å²) >= 11 is 0. The second kappa shape index (κ2) is 8.69. The highest BCUT2D eigenvalue weighted by Gasteiger charge is 2.46. The number of anilines is 1. The van der Waals surface area contributed by atoms with Crippen molar-refractivity contribution in [1.29, 1.82) is 0 Å². The van der Waals surface area contributed by atoms with Gasteiger partial charge in [-0.15, -0.1) is 10.2 Å². The fourth-order valence-corrected chi connectivity index (χ4v) is 6.84. The lowest BCUT2D eigenvalue weighted by Crippen LogP contribution is -2.34. The number of hydrogen-bond donors (Lipinski definition) is 1. The highest BCUT2D eigenvalue weighted by molar-refractivity contribution is 5.65. The molecule has 1 saturated carbocycles. The number of nitrogens with one attached hydrogen (secondary N) is 1. The Hall–Kier alpha value is -2.26. The number of alkyl halides is 3. The van der Waals surface area contributed by atoms with Crippen molar-refractivity contribution in [2.24, 2.45) is 17.8 Å². The third-order valence-corrected chi connectivity index (χ3v) is 8.47. The molecular weight excluding hydrogens is 460 g/mol. The molecule has 4 fully saturated rings. The maximum Gasteiger partial charge on any atom is 0.420 e. The second-order valence-corrected chi connectivity index (χ2v) is 10.9. The summed E-state index contributed by atoms with van der Waals surface area (Å²) in [6.07, 6.45) is 1.51. The summed E-state index contributed by atoms with van der Waals surface area (Å²) in [5, 5.41) is 11.0. The van der Waals surface area contributed by atoms with Gasteiger partial charge in [0, 0.05) is 37.2 Å². The second-order valence-electron chi connectivity index (χ2n) is 10.9. The lowest BCUT2D eigenvalue weighted by molar-refractivity contribution is -0.137. The Morgan fingerprint density at radius 2 is 1.83 bits per heavy atom. The van der Waals surface area contributed by atoms with E-state index in [2.05, 4.69) is 20.4 Å². The molecule has 188 valence electrons. The third-order valence-electron chi connectivity index (χ3n) is 8.47. The molecule has 1 aromatic carbocycles. The van der Waals surface area contributed by atoms with Gasteiger partial charge in [-0.1, -0.05) is 6.07 Å². The Morgan fingerprint density at radius 1 is 1.06 bits per heavy atom. The molecule has 3 aliphatic heterocycles. The van der Waals surface area contributed by atoms with Crippen LogP contribution in [0.3, 0.4) is 0 Å². The van der Waals surface area contributed by atoms with Crippen LogP contribution in [0, 0.1) is 30.5 Å². The number of fused-ring (bicyclic) bond motifs is 3. The van der Waals surface area contributed by atoms with Crippen LogP contribution in [0.25, 0.3) is 11.3 Å². The number of halogens is 4. The largest absolute Gasteiger partial charge is 0.420 e. The maximum atomic E-state index is 13.9. The fourth-order valence-electron chi connectivity index (χ4n) is 6.84. The summed E-state index contributed by atoms with van der Waals surface area (Å²) in [7, 11) is 0. The van der Waals surface area contributed by atoms with Crippen LogP contribution in [-0.2, 0) is 10.9 Å². The van der Waals surface area contributed by atoms with E-state index in [0.717, 1.165) is 38.5 Å². The summed E-state index contributed by atoms with van der Waals surface area (Å²) in [6, 6.07) is 4.91. The predicted octanol–water partition coefficient (Wildman–Crippen LogP) is 5.30. The summed E-state index contributed by atoms with van der Waals surface area (Å²) in [6.45, 7) is 4.80. The first-order chi connectivity index (χ1) is 16.7. The SMILES string of the molecule is Cc1ccc(F)cc1-c1cc(C(F)(F)F)c(NC2C[C@@H]3CN(C[C@H]4CC5CCC4O5)C[C@@H]3C2)nn1. The average molecular weight is 491 g/mol. The summed E-state index contributed by atoms with van der Waals surface area (Å²) < 4.78 is 61.5. The molecule has 2 aromatic rings. The first-order valence-corrected chi connectivity index (χ1v) is 12.6. The van der Waals surface area contributed by atoms with Crippen LogP contribution in [0.5, 0.6) is 0 Å². The Morgan fingerprint density at radius 3 is 2.49 bits per heavy atom. The van der Waals surface area contributed by atoms with Crippen LogP contribution < -0.4 is 5.32 Å². The molecule has 1 aromatic heterocycles. The molecular formula is C26H30F4N4O. The molecule has 5 nitrogen and oxygen atoms in total. The zero-order chi connectivity index (χ0) is 24.3. The van der Waals surface area contributed by atoms with Crippen molar-refractivity contribution in [3.63, 3.8) is 0 Å². The van der Waals surface area contributed by atoms with Crippen molar-refractivity contribution in [3.8, 4) is 11.3 Å². The molecule has 3 saturated heterocycles. The van der Waals surface area contributed by atoms with E-state index in [1.807, 2.05) is 0 Å². The van der Waals surface area contributed by atoms with Crippen LogP contribution in [0.2, 0.25) is 0 Å². The van der Waals surface area contributed by atoms with Gasteiger partial charge in [0.2, 0.25) is 0 Å². The molecule has 1 N–H and O–H groups in total. The van der Waals surface area contributed by atoms with Crippen LogP contribution in [0.4, 0.5) is 23.4 Å². The van der Waals surface area contributed by atoms with Crippen molar-refractivity contribution < 1.29 is 22.3 Å². The van der Waals surface area contributed by atoms with Crippen molar-refractivity contribution in [2.45, 2.75) is 63.5 Å². The number of rotatable bonds is 5. The molecule has 0 spiro atoms. The van der Waals surface area contributed by atoms with E-state index in [4.69, 9.17) is 4.74 Å². The zero-order valence-electron chi connectivity index (χ0n) is 19.7. The van der Waals surface area contributed by atoms with Gasteiger partial charge in [0.15, 0.2) is 5.82 Å². The number of hydrogen-bond acceptors (Lipinski definition) is 5. The Bertz CT molecular complexity index is 1100. The van der Waals surface area contributed by atoms with Crippen molar-refractivity contribution >= 4 is 5.82 Å². The monoisotopic (exact) mass is 490 g/mol. The lowest BCUT2D eigenvalue weighted by Gasteiger charge is -2.26. The number of nitrogens with zero attached hydrogens (tertiary/aromatic N) is 3. The van der Waals surface area contributed by atoms with Gasteiger partial charge in [0.05, 0.1) is 17.9 Å². The van der Waals surface area contributed by atoms with E-state index in [9.17, 15) is 17.6 Å². The summed E-state index contributed by atoms with van der Waals surface area (Å²) in [4.78, 5) is 2.54. The van der Waals surface area contributed by atoms with Gasteiger partial charge >= 0.3 is 6.18 Å². The molecule has 4 aliphatic rings. The van der Waals surface area contributed by atoms with E-state index in [1.54, 1.807) is 6.92 Å². The lowest BCUT2D eigenvalue weighted by atomic mass is 9.89. The van der Waals surface area contributed by atoms with Crippen LogP contribution in [0.1, 0.15) is 43.2 Å². The van der Waals surface area contributed by atoms with Gasteiger partial charge in [-0.05, 0) is 74.6 Å². The minimum Gasteiger partial charge on any atom is -0.375 e. The molecule has 6 atom stereocenters. The Balaban J connectivity index is 1.13. The molecule has 35 heavy (non-hydrogen) atoms. The van der Waals surface area contributed by atoms with E-state index in [0.29, 0.717) is 41.1 Å². The topological polar surface area (TPSA) is 50.3 Å². The fraction of sp³-hybridized carbons (Fsp3) is 0.615. The maximum absolute atomic E-state index is 13.9. The normalized spacial score (nSPS) is 32.4. The third kappa shape index (κ3) is 4.53. The van der Waals surface area contributed by atoms with Crippen molar-refractivity contribution in [2.75, 3.05) is 25.0 Å². The molecule has 9 heteroatoms. The number of benzene rings is 1. The van der Waals surface area contributed by atoms with Crippen molar-refractivity contribution in [3.05, 3.63) is 41.2 Å². The number of ether oxygens (including phenoxy) is 1. The van der Waals surface area contributed by atoms with E-state index in [1.165, 1.54) is 37.5 Å². The highest BCUT2D eigenvalue weighted by Crippen LogP contribution is 2.44. The number of aromatic nitrogens is 2. The van der Waals surface area contributed by atoms with Crippen LogP contribution in [-0.4, -0.2) is 53.0 Å². The molecule has 0 amide bonds. The highest BCUT2D eigenvalue weighted by atomic mass is 19.4. The van der Waals surface area contributed by atoms with Crippen molar-refractivity contribution in [1.82, 2.24) is 15.1 Å². The zero-order valence-corrected chi connectivity index (χ0v) is 19.7. The molecule has 0 radical (unpaired) electrons. The van der Waals surface area contributed by atoms with Crippen LogP contribution in [0.15, 0.2) is 24.3 Å². The van der Waals surface area contributed by atoms with E-state index < -0.39 is 17.6 Å². The van der Waals surface area contributed by atoms with Crippen LogP contribution >= 0.6 is 0 Å². The minimum atomic E-state index is -4.59.